The quantitative estimate of drug-likeness (QED) is 0.295. The SMILES string of the molecule is CCOC(=O)CC1(c2ccc(OCc3ccc4scc(B5OC(C)(C)C(C)(C)O5)c4c3)cc2)CC(=O)C1. The van der Waals surface area contributed by atoms with Gasteiger partial charge < -0.3 is 18.8 Å². The second-order valence-electron chi connectivity index (χ2n) is 11.1. The molecule has 0 radical (unpaired) electrons. The van der Waals surface area contributed by atoms with E-state index in [9.17, 15) is 9.59 Å². The second-order valence-corrected chi connectivity index (χ2v) is 12.0. The number of hydrogen-bond donors (Lipinski definition) is 0. The second kappa shape index (κ2) is 9.57. The molecule has 0 N–H and O–H groups in total. The molecule has 194 valence electrons. The monoisotopic (exact) mass is 520 g/mol. The summed E-state index contributed by atoms with van der Waals surface area (Å²) < 4.78 is 25.0. The summed E-state index contributed by atoms with van der Waals surface area (Å²) >= 11 is 1.69. The summed E-state index contributed by atoms with van der Waals surface area (Å²) in [6.07, 6.45) is 0.966. The molecule has 0 spiro atoms. The molecule has 0 unspecified atom stereocenters. The van der Waals surface area contributed by atoms with Gasteiger partial charge in [0.15, 0.2) is 0 Å². The van der Waals surface area contributed by atoms with Crippen LogP contribution in [-0.2, 0) is 35.7 Å². The molecule has 5 rings (SSSR count). The van der Waals surface area contributed by atoms with Gasteiger partial charge in [-0.05, 0) is 80.8 Å². The lowest BCUT2D eigenvalue weighted by atomic mass is 9.62. The first-order valence-corrected chi connectivity index (χ1v) is 13.7. The lowest BCUT2D eigenvalue weighted by Crippen LogP contribution is -2.43. The fourth-order valence-corrected chi connectivity index (χ4v) is 5.97. The predicted molar refractivity (Wildman–Crippen MR) is 145 cm³/mol. The zero-order chi connectivity index (χ0) is 26.4. The van der Waals surface area contributed by atoms with Gasteiger partial charge in [-0.1, -0.05) is 18.2 Å². The molecule has 37 heavy (non-hydrogen) atoms. The third-order valence-corrected chi connectivity index (χ3v) is 8.89. The number of ether oxygens (including phenoxy) is 2. The van der Waals surface area contributed by atoms with Crippen molar-refractivity contribution in [3.63, 3.8) is 0 Å². The van der Waals surface area contributed by atoms with Gasteiger partial charge in [0.25, 0.3) is 0 Å². The van der Waals surface area contributed by atoms with Gasteiger partial charge in [0.2, 0.25) is 0 Å². The number of fused-ring (bicyclic) bond motifs is 1. The Morgan fingerprint density at radius 1 is 1.03 bits per heavy atom. The van der Waals surface area contributed by atoms with Crippen LogP contribution in [0.2, 0.25) is 0 Å². The van der Waals surface area contributed by atoms with E-state index >= 15 is 0 Å². The van der Waals surface area contributed by atoms with E-state index in [1.165, 1.54) is 4.70 Å². The van der Waals surface area contributed by atoms with Crippen molar-refractivity contribution < 1.29 is 28.4 Å². The minimum absolute atomic E-state index is 0.174. The minimum Gasteiger partial charge on any atom is -0.489 e. The summed E-state index contributed by atoms with van der Waals surface area (Å²) in [4.78, 5) is 23.9. The van der Waals surface area contributed by atoms with Crippen LogP contribution in [-0.4, -0.2) is 36.7 Å². The van der Waals surface area contributed by atoms with E-state index in [4.69, 9.17) is 18.8 Å². The number of benzene rings is 2. The number of ketones is 1. The normalized spacial score (nSPS) is 19.6. The molecule has 2 aliphatic rings. The highest BCUT2D eigenvalue weighted by Gasteiger charge is 2.52. The molecule has 3 aromatic rings. The van der Waals surface area contributed by atoms with Crippen LogP contribution in [0.25, 0.3) is 10.1 Å². The Kier molecular flexibility index (Phi) is 6.71. The fraction of sp³-hybridized carbons (Fsp3) is 0.448. The van der Waals surface area contributed by atoms with Crippen molar-refractivity contribution in [3.05, 3.63) is 59.0 Å². The van der Waals surface area contributed by atoms with Gasteiger partial charge in [0.05, 0.1) is 24.2 Å². The predicted octanol–water partition coefficient (Wildman–Crippen LogP) is 5.33. The van der Waals surface area contributed by atoms with Gasteiger partial charge in [-0.25, -0.2) is 0 Å². The number of thiophene rings is 1. The molecular weight excluding hydrogens is 487 g/mol. The Hall–Kier alpha value is -2.68. The minimum atomic E-state index is -0.463. The van der Waals surface area contributed by atoms with Crippen LogP contribution >= 0.6 is 11.3 Å². The van der Waals surface area contributed by atoms with E-state index in [0.717, 1.165) is 27.7 Å². The van der Waals surface area contributed by atoms with Crippen LogP contribution in [0, 0.1) is 0 Å². The molecule has 8 heteroatoms. The lowest BCUT2D eigenvalue weighted by Gasteiger charge is -2.40. The standard InChI is InChI=1S/C29H33BO6S/c1-6-33-26(32)16-29(14-21(31)15-29)20-8-10-22(11-9-20)34-17-19-7-12-25-23(13-19)24(18-37-25)30-35-27(2,3)28(4,5)36-30/h7-13,18H,6,14-17H2,1-5H3. The smallest absolute Gasteiger partial charge is 0.489 e. The zero-order valence-corrected chi connectivity index (χ0v) is 22.9. The summed E-state index contributed by atoms with van der Waals surface area (Å²) in [5.41, 5.74) is 1.83. The van der Waals surface area contributed by atoms with E-state index in [-0.39, 0.29) is 29.4 Å². The van der Waals surface area contributed by atoms with Crippen molar-refractivity contribution in [2.45, 2.75) is 77.1 Å². The van der Waals surface area contributed by atoms with Gasteiger partial charge in [-0.15, -0.1) is 11.3 Å². The Bertz CT molecular complexity index is 1300. The molecule has 0 atom stereocenters. The van der Waals surface area contributed by atoms with Crippen molar-refractivity contribution in [1.82, 2.24) is 0 Å². The number of hydrogen-bond acceptors (Lipinski definition) is 7. The largest absolute Gasteiger partial charge is 0.496 e. The van der Waals surface area contributed by atoms with Crippen molar-refractivity contribution >= 4 is 45.8 Å². The Morgan fingerprint density at radius 3 is 2.32 bits per heavy atom. The average molecular weight is 520 g/mol. The highest BCUT2D eigenvalue weighted by Crippen LogP contribution is 2.45. The maximum atomic E-state index is 12.1. The molecule has 6 nitrogen and oxygen atoms in total. The summed E-state index contributed by atoms with van der Waals surface area (Å²) in [7, 11) is -0.400. The van der Waals surface area contributed by atoms with E-state index in [0.29, 0.717) is 26.1 Å². The van der Waals surface area contributed by atoms with Crippen molar-refractivity contribution in [2.24, 2.45) is 0 Å². The molecule has 1 aromatic heterocycles. The molecule has 2 aromatic carbocycles. The Morgan fingerprint density at radius 2 is 1.70 bits per heavy atom. The third kappa shape index (κ3) is 4.94. The van der Waals surface area contributed by atoms with E-state index in [2.05, 4.69) is 51.3 Å². The number of carbonyl (C=O) groups is 2. The van der Waals surface area contributed by atoms with E-state index in [1.54, 1.807) is 18.3 Å². The zero-order valence-electron chi connectivity index (χ0n) is 22.1. The van der Waals surface area contributed by atoms with Gasteiger partial charge in [-0.2, -0.15) is 0 Å². The Labute approximate surface area is 222 Å². The summed E-state index contributed by atoms with van der Waals surface area (Å²) in [5.74, 6) is 0.643. The highest BCUT2D eigenvalue weighted by molar-refractivity contribution is 7.18. The van der Waals surface area contributed by atoms with Crippen LogP contribution in [0.3, 0.4) is 0 Å². The van der Waals surface area contributed by atoms with E-state index in [1.807, 2.05) is 24.3 Å². The number of rotatable bonds is 8. The van der Waals surface area contributed by atoms with Crippen LogP contribution < -0.4 is 10.2 Å². The molecule has 2 heterocycles. The molecule has 0 amide bonds. The van der Waals surface area contributed by atoms with Gasteiger partial charge in [-0.3, -0.25) is 9.59 Å². The molecule has 0 bridgehead atoms. The number of Topliss-reactive ketones (excluding diaryl/α,β-unsaturated/α-hetero) is 1. The van der Waals surface area contributed by atoms with Crippen LogP contribution in [0.1, 0.15) is 65.0 Å². The van der Waals surface area contributed by atoms with Crippen LogP contribution in [0.15, 0.2) is 47.8 Å². The lowest BCUT2D eigenvalue weighted by molar-refractivity contribution is -0.147. The van der Waals surface area contributed by atoms with Crippen LogP contribution in [0.5, 0.6) is 5.75 Å². The maximum Gasteiger partial charge on any atom is 0.496 e. The summed E-state index contributed by atoms with van der Waals surface area (Å²) in [5, 5.41) is 3.24. The number of esters is 1. The summed E-state index contributed by atoms with van der Waals surface area (Å²) in [6.45, 7) is 10.8. The third-order valence-electron chi connectivity index (χ3n) is 7.91. The first-order chi connectivity index (χ1) is 17.5. The van der Waals surface area contributed by atoms with Crippen molar-refractivity contribution in [1.29, 1.82) is 0 Å². The van der Waals surface area contributed by atoms with E-state index < -0.39 is 12.5 Å². The molecule has 1 aliphatic heterocycles. The van der Waals surface area contributed by atoms with Gasteiger partial charge in [0, 0.05) is 28.4 Å². The van der Waals surface area contributed by atoms with Gasteiger partial charge >= 0.3 is 13.1 Å². The molecule has 2 fully saturated rings. The van der Waals surface area contributed by atoms with Crippen LogP contribution in [0.4, 0.5) is 0 Å². The Balaban J connectivity index is 1.28. The highest BCUT2D eigenvalue weighted by atomic mass is 32.1. The molecular formula is C29H33BO6S. The molecule has 1 saturated heterocycles. The maximum absolute atomic E-state index is 12.1. The summed E-state index contributed by atoms with van der Waals surface area (Å²) in [6, 6.07) is 14.1. The first-order valence-electron chi connectivity index (χ1n) is 12.8. The van der Waals surface area contributed by atoms with Crippen molar-refractivity contribution in [3.8, 4) is 5.75 Å². The topological polar surface area (TPSA) is 71.1 Å². The van der Waals surface area contributed by atoms with Gasteiger partial charge in [0.1, 0.15) is 18.1 Å². The average Bonchev–Trinajstić information content (AvgIpc) is 3.33. The first kappa shape index (κ1) is 26.0. The molecule has 1 aliphatic carbocycles. The molecule has 1 saturated carbocycles. The van der Waals surface area contributed by atoms with Crippen molar-refractivity contribution in [2.75, 3.05) is 6.61 Å². The number of carbonyl (C=O) groups excluding carboxylic acids is 2. The fourth-order valence-electron chi connectivity index (χ4n) is 5.03.